The van der Waals surface area contributed by atoms with Crippen molar-refractivity contribution in [2.75, 3.05) is 16.8 Å². The Hall–Kier alpha value is -2.56. The maximum Gasteiger partial charge on any atom is 0.151 e. The van der Waals surface area contributed by atoms with Gasteiger partial charge in [-0.1, -0.05) is 6.42 Å². The Morgan fingerprint density at radius 1 is 0.870 bits per heavy atom. The second-order valence-electron chi connectivity index (χ2n) is 6.41. The lowest BCUT2D eigenvalue weighted by atomic mass is 9.90. The van der Waals surface area contributed by atoms with E-state index in [0.717, 1.165) is 40.6 Å². The van der Waals surface area contributed by atoms with Crippen LogP contribution in [0.3, 0.4) is 0 Å². The first kappa shape index (κ1) is 14.1. The highest BCUT2D eigenvalue weighted by molar-refractivity contribution is 5.72. The van der Waals surface area contributed by atoms with Gasteiger partial charge in [-0.05, 0) is 62.1 Å². The minimum atomic E-state index is -0.258. The summed E-state index contributed by atoms with van der Waals surface area (Å²) in [6, 6.07) is 11.5. The van der Waals surface area contributed by atoms with Crippen LogP contribution in [0.25, 0.3) is 0 Å². The van der Waals surface area contributed by atoms with Gasteiger partial charge >= 0.3 is 0 Å². The quantitative estimate of drug-likeness (QED) is 0.745. The van der Waals surface area contributed by atoms with E-state index in [0.29, 0.717) is 5.69 Å². The highest BCUT2D eigenvalue weighted by Crippen LogP contribution is 2.34. The Labute approximate surface area is 135 Å². The Bertz CT molecular complexity index is 848. The third kappa shape index (κ3) is 2.52. The number of nitrogens with zero attached hydrogens (tertiary/aromatic N) is 2. The van der Waals surface area contributed by atoms with E-state index in [1.807, 2.05) is 36.4 Å². The van der Waals surface area contributed by atoms with E-state index >= 15 is 0 Å². The zero-order valence-corrected chi connectivity index (χ0v) is 13.0. The summed E-state index contributed by atoms with van der Waals surface area (Å²) in [4.78, 5) is 9.90. The smallest absolute Gasteiger partial charge is 0.151 e. The van der Waals surface area contributed by atoms with Gasteiger partial charge in [0.2, 0.25) is 0 Å². The van der Waals surface area contributed by atoms with Crippen molar-refractivity contribution >= 4 is 22.7 Å². The van der Waals surface area contributed by atoms with Crippen LogP contribution in [0.4, 0.5) is 22.7 Å². The lowest BCUT2D eigenvalue weighted by molar-refractivity contribution is 0.309. The van der Waals surface area contributed by atoms with Crippen LogP contribution in [-0.4, -0.2) is 5.66 Å². The molecule has 2 aliphatic rings. The Balaban J connectivity index is 1.78. The molecule has 0 amide bonds. The molecule has 1 aliphatic heterocycles. The third-order valence-corrected chi connectivity index (χ3v) is 4.67. The lowest BCUT2D eigenvalue weighted by Crippen LogP contribution is -2.26. The van der Waals surface area contributed by atoms with Crippen LogP contribution >= 0.6 is 0 Å². The van der Waals surface area contributed by atoms with Gasteiger partial charge in [0.25, 0.3) is 0 Å². The van der Waals surface area contributed by atoms with Crippen molar-refractivity contribution in [3.05, 3.63) is 47.1 Å². The van der Waals surface area contributed by atoms with Crippen LogP contribution in [0.15, 0.2) is 46.4 Å². The van der Waals surface area contributed by atoms with Crippen LogP contribution in [0.2, 0.25) is 0 Å². The first-order valence-electron chi connectivity index (χ1n) is 8.16. The molecule has 118 valence electrons. The molecule has 5 N–H and O–H groups in total. The van der Waals surface area contributed by atoms with E-state index in [9.17, 15) is 0 Å². The maximum atomic E-state index is 6.20. The molecule has 1 spiro atoms. The third-order valence-electron chi connectivity index (χ3n) is 4.67. The molecular weight excluding hydrogens is 286 g/mol. The molecule has 1 saturated carbocycles. The molecule has 23 heavy (non-hydrogen) atoms. The molecule has 1 heterocycles. The highest BCUT2D eigenvalue weighted by atomic mass is 15.1. The number of nitrogen functional groups attached to an aromatic ring is 2. The van der Waals surface area contributed by atoms with E-state index < -0.39 is 0 Å². The van der Waals surface area contributed by atoms with Crippen LogP contribution in [0.1, 0.15) is 32.1 Å². The molecule has 5 heteroatoms. The molecule has 0 aromatic heterocycles. The van der Waals surface area contributed by atoms with Crippen molar-refractivity contribution in [2.24, 2.45) is 9.98 Å². The van der Waals surface area contributed by atoms with Gasteiger partial charge < -0.3 is 16.8 Å². The Morgan fingerprint density at radius 2 is 1.61 bits per heavy atom. The molecule has 0 radical (unpaired) electrons. The van der Waals surface area contributed by atoms with E-state index in [1.54, 1.807) is 0 Å². The molecule has 1 fully saturated rings. The average Bonchev–Trinajstić information content (AvgIpc) is 2.91. The lowest BCUT2D eigenvalue weighted by Gasteiger charge is -2.27. The second kappa shape index (κ2) is 5.26. The summed E-state index contributed by atoms with van der Waals surface area (Å²) >= 11 is 0. The van der Waals surface area contributed by atoms with Crippen LogP contribution in [0.5, 0.6) is 0 Å². The summed E-state index contributed by atoms with van der Waals surface area (Å²) in [6.07, 6.45) is 5.72. The van der Waals surface area contributed by atoms with Crippen LogP contribution in [0, 0.1) is 0 Å². The minimum absolute atomic E-state index is 0.258. The van der Waals surface area contributed by atoms with Gasteiger partial charge in [-0.3, -0.25) is 9.98 Å². The summed E-state index contributed by atoms with van der Waals surface area (Å²) in [7, 11) is 0. The van der Waals surface area contributed by atoms with Crippen LogP contribution in [-0.2, 0) is 0 Å². The predicted molar refractivity (Wildman–Crippen MR) is 93.1 cm³/mol. The number of benzene rings is 2. The summed E-state index contributed by atoms with van der Waals surface area (Å²) in [5, 5.41) is 5.22. The van der Waals surface area contributed by atoms with Crippen molar-refractivity contribution < 1.29 is 0 Å². The number of fused-ring (bicyclic) bond motifs is 1. The van der Waals surface area contributed by atoms with Gasteiger partial charge in [0, 0.05) is 11.4 Å². The van der Waals surface area contributed by atoms with E-state index in [2.05, 4.69) is 5.32 Å². The van der Waals surface area contributed by atoms with Crippen molar-refractivity contribution in [3.8, 4) is 0 Å². The zero-order valence-electron chi connectivity index (χ0n) is 13.0. The normalized spacial score (nSPS) is 18.1. The zero-order chi connectivity index (χ0) is 15.9. The topological polar surface area (TPSA) is 88.8 Å². The van der Waals surface area contributed by atoms with Gasteiger partial charge in [-0.15, -0.1) is 0 Å². The predicted octanol–water partition coefficient (Wildman–Crippen LogP) is 2.51. The van der Waals surface area contributed by atoms with Gasteiger partial charge in [0.05, 0.1) is 16.7 Å². The second-order valence-corrected chi connectivity index (χ2v) is 6.41. The van der Waals surface area contributed by atoms with E-state index in [4.69, 9.17) is 21.5 Å². The first-order valence-corrected chi connectivity index (χ1v) is 8.16. The fourth-order valence-electron chi connectivity index (χ4n) is 3.44. The summed E-state index contributed by atoms with van der Waals surface area (Å²) in [5.41, 5.74) is 14.9. The SMILES string of the molecule is Nc1ccc(Nc2c(N)ccc3c2=NC2(CCCCC2)N=3)cc1. The fourth-order valence-corrected chi connectivity index (χ4v) is 3.44. The highest BCUT2D eigenvalue weighted by Gasteiger charge is 2.33. The van der Waals surface area contributed by atoms with Crippen molar-refractivity contribution in [3.63, 3.8) is 0 Å². The fraction of sp³-hybridized carbons (Fsp3) is 0.333. The molecule has 2 aromatic rings. The number of hydrogen-bond acceptors (Lipinski definition) is 5. The average molecular weight is 307 g/mol. The molecule has 2 aromatic carbocycles. The molecule has 4 rings (SSSR count). The van der Waals surface area contributed by atoms with Gasteiger partial charge in [0.15, 0.2) is 5.66 Å². The summed E-state index contributed by atoms with van der Waals surface area (Å²) in [6.45, 7) is 0. The Morgan fingerprint density at radius 3 is 2.35 bits per heavy atom. The molecule has 5 nitrogen and oxygen atoms in total. The van der Waals surface area contributed by atoms with Crippen LogP contribution < -0.4 is 27.5 Å². The molecule has 0 saturated heterocycles. The molecule has 0 bridgehead atoms. The van der Waals surface area contributed by atoms with E-state index in [1.165, 1.54) is 19.3 Å². The number of rotatable bonds is 2. The maximum absolute atomic E-state index is 6.20. The summed E-state index contributed by atoms with van der Waals surface area (Å²) in [5.74, 6) is 0. The van der Waals surface area contributed by atoms with Gasteiger partial charge in [-0.25, -0.2) is 0 Å². The number of hydrogen-bond donors (Lipinski definition) is 3. The monoisotopic (exact) mass is 307 g/mol. The molecular formula is C18H21N5. The standard InChI is InChI=1S/C18H21N5/c19-12-4-6-13(7-5-12)21-16-14(20)8-9-15-17(16)23-18(22-15)10-2-1-3-11-18/h4-9,21H,1-3,10-11,19-20H2. The summed E-state index contributed by atoms with van der Waals surface area (Å²) < 4.78 is 0. The van der Waals surface area contributed by atoms with E-state index in [-0.39, 0.29) is 5.66 Å². The first-order chi connectivity index (χ1) is 11.2. The molecule has 0 atom stereocenters. The van der Waals surface area contributed by atoms with Gasteiger partial charge in [-0.2, -0.15) is 0 Å². The Kier molecular flexibility index (Phi) is 3.22. The van der Waals surface area contributed by atoms with Crippen molar-refractivity contribution in [2.45, 2.75) is 37.8 Å². The van der Waals surface area contributed by atoms with Crippen molar-refractivity contribution in [1.29, 1.82) is 0 Å². The number of nitrogens with two attached hydrogens (primary N) is 2. The molecule has 1 aliphatic carbocycles. The molecule has 0 unspecified atom stereocenters. The largest absolute Gasteiger partial charge is 0.399 e. The van der Waals surface area contributed by atoms with Crippen molar-refractivity contribution in [1.82, 2.24) is 0 Å². The van der Waals surface area contributed by atoms with Gasteiger partial charge in [0.1, 0.15) is 5.36 Å². The number of nitrogens with one attached hydrogen (secondary N) is 1. The number of anilines is 4. The minimum Gasteiger partial charge on any atom is -0.399 e.